The van der Waals surface area contributed by atoms with E-state index < -0.39 is 10.7 Å². The number of ether oxygens (including phenoxy) is 1. The van der Waals surface area contributed by atoms with Crippen molar-refractivity contribution in [2.24, 2.45) is 0 Å². The fourth-order valence-corrected chi connectivity index (χ4v) is 1.96. The van der Waals surface area contributed by atoms with Gasteiger partial charge in [-0.3, -0.25) is 15.1 Å². The molecule has 0 atom stereocenters. The summed E-state index contributed by atoms with van der Waals surface area (Å²) in [5.41, 5.74) is 0.366. The van der Waals surface area contributed by atoms with Gasteiger partial charge in [-0.15, -0.1) is 0 Å². The molecular formula is C15H9FN2O3. The van der Waals surface area contributed by atoms with Gasteiger partial charge in [0.05, 0.1) is 22.6 Å². The van der Waals surface area contributed by atoms with Gasteiger partial charge in [0.1, 0.15) is 17.3 Å². The average molecular weight is 284 g/mol. The molecule has 3 rings (SSSR count). The molecule has 6 heteroatoms. The van der Waals surface area contributed by atoms with E-state index in [1.54, 1.807) is 18.3 Å². The summed E-state index contributed by atoms with van der Waals surface area (Å²) in [5, 5.41) is 11.6. The van der Waals surface area contributed by atoms with Crippen molar-refractivity contribution >= 4 is 16.6 Å². The van der Waals surface area contributed by atoms with Gasteiger partial charge in [-0.25, -0.2) is 4.39 Å². The number of nitro groups is 1. The van der Waals surface area contributed by atoms with Crippen LogP contribution in [0.15, 0.2) is 54.7 Å². The molecule has 104 valence electrons. The molecule has 3 aromatic rings. The highest BCUT2D eigenvalue weighted by Gasteiger charge is 2.11. The number of benzene rings is 2. The number of nitro benzene ring substituents is 1. The largest absolute Gasteiger partial charge is 0.457 e. The van der Waals surface area contributed by atoms with Crippen LogP contribution in [0.2, 0.25) is 0 Å². The van der Waals surface area contributed by atoms with Crippen LogP contribution in [-0.2, 0) is 0 Å². The Hall–Kier alpha value is -3.02. The zero-order chi connectivity index (χ0) is 14.8. The van der Waals surface area contributed by atoms with Gasteiger partial charge in [-0.1, -0.05) is 6.07 Å². The summed E-state index contributed by atoms with van der Waals surface area (Å²) in [6.07, 6.45) is 1.65. The van der Waals surface area contributed by atoms with E-state index in [4.69, 9.17) is 4.74 Å². The highest BCUT2D eigenvalue weighted by molar-refractivity contribution is 5.79. The van der Waals surface area contributed by atoms with Gasteiger partial charge in [0.25, 0.3) is 5.69 Å². The molecule has 1 heterocycles. The van der Waals surface area contributed by atoms with Gasteiger partial charge in [-0.2, -0.15) is 0 Å². The Morgan fingerprint density at radius 3 is 2.76 bits per heavy atom. The summed E-state index contributed by atoms with van der Waals surface area (Å²) in [7, 11) is 0. The minimum absolute atomic E-state index is 0.0666. The molecule has 0 saturated carbocycles. The van der Waals surface area contributed by atoms with Crippen LogP contribution in [0.5, 0.6) is 11.5 Å². The zero-order valence-electron chi connectivity index (χ0n) is 10.7. The van der Waals surface area contributed by atoms with Crippen LogP contribution in [0.1, 0.15) is 0 Å². The minimum atomic E-state index is -0.724. The van der Waals surface area contributed by atoms with E-state index in [2.05, 4.69) is 4.98 Å². The van der Waals surface area contributed by atoms with E-state index in [9.17, 15) is 14.5 Å². The molecular weight excluding hydrogens is 275 g/mol. The van der Waals surface area contributed by atoms with Crippen LogP contribution >= 0.6 is 0 Å². The maximum absolute atomic E-state index is 13.3. The molecule has 2 aromatic carbocycles. The van der Waals surface area contributed by atoms with E-state index in [1.807, 2.05) is 18.2 Å². The maximum Gasteiger partial charge on any atom is 0.276 e. The first-order valence-electron chi connectivity index (χ1n) is 6.09. The number of rotatable bonds is 3. The molecule has 0 fully saturated rings. The first-order valence-corrected chi connectivity index (χ1v) is 6.09. The molecule has 21 heavy (non-hydrogen) atoms. The standard InChI is InChI=1S/C15H9FN2O3/c16-11-6-12(18(19)20)8-14(7-11)21-13-4-3-10-2-1-5-17-15(10)9-13/h1-9H. The first-order chi connectivity index (χ1) is 10.1. The molecule has 0 aliphatic rings. The minimum Gasteiger partial charge on any atom is -0.457 e. The van der Waals surface area contributed by atoms with Crippen LogP contribution in [0.4, 0.5) is 10.1 Å². The van der Waals surface area contributed by atoms with Crippen LogP contribution in [-0.4, -0.2) is 9.91 Å². The Morgan fingerprint density at radius 1 is 1.10 bits per heavy atom. The van der Waals surface area contributed by atoms with Gasteiger partial charge >= 0.3 is 0 Å². The second-order valence-corrected chi connectivity index (χ2v) is 4.36. The van der Waals surface area contributed by atoms with Crippen molar-refractivity contribution in [3.8, 4) is 11.5 Å². The highest BCUT2D eigenvalue weighted by atomic mass is 19.1. The topological polar surface area (TPSA) is 65.3 Å². The van der Waals surface area contributed by atoms with Crippen molar-refractivity contribution in [3.63, 3.8) is 0 Å². The Kier molecular flexibility index (Phi) is 3.19. The molecule has 0 radical (unpaired) electrons. The second kappa shape index (κ2) is 5.16. The normalized spacial score (nSPS) is 10.5. The molecule has 0 bridgehead atoms. The summed E-state index contributed by atoms with van der Waals surface area (Å²) in [4.78, 5) is 14.2. The molecule has 0 aliphatic heterocycles. The van der Waals surface area contributed by atoms with E-state index in [1.165, 1.54) is 6.07 Å². The van der Waals surface area contributed by atoms with Crippen molar-refractivity contribution in [2.75, 3.05) is 0 Å². The molecule has 1 aromatic heterocycles. The quantitative estimate of drug-likeness (QED) is 0.537. The van der Waals surface area contributed by atoms with Gasteiger partial charge in [0.15, 0.2) is 0 Å². The second-order valence-electron chi connectivity index (χ2n) is 4.36. The number of hydrogen-bond acceptors (Lipinski definition) is 4. The molecule has 0 amide bonds. The number of non-ortho nitro benzene ring substituents is 1. The smallest absolute Gasteiger partial charge is 0.276 e. The van der Waals surface area contributed by atoms with Crippen molar-refractivity contribution in [1.82, 2.24) is 4.98 Å². The molecule has 0 aliphatic carbocycles. The van der Waals surface area contributed by atoms with Gasteiger partial charge in [0, 0.05) is 23.7 Å². The Labute approximate surface area is 118 Å². The SMILES string of the molecule is O=[N+]([O-])c1cc(F)cc(Oc2ccc3cccnc3c2)c1. The lowest BCUT2D eigenvalue weighted by Gasteiger charge is -2.06. The number of hydrogen-bond donors (Lipinski definition) is 0. The fourth-order valence-electron chi connectivity index (χ4n) is 1.96. The van der Waals surface area contributed by atoms with E-state index in [-0.39, 0.29) is 11.4 Å². The molecule has 5 nitrogen and oxygen atoms in total. The molecule has 0 spiro atoms. The summed E-state index contributed by atoms with van der Waals surface area (Å²) >= 11 is 0. The summed E-state index contributed by atoms with van der Waals surface area (Å²) < 4.78 is 18.8. The third-order valence-electron chi connectivity index (χ3n) is 2.88. The molecule has 0 saturated heterocycles. The maximum atomic E-state index is 13.3. The van der Waals surface area contributed by atoms with Crippen LogP contribution in [0.3, 0.4) is 0 Å². The number of pyridine rings is 1. The lowest BCUT2D eigenvalue weighted by molar-refractivity contribution is -0.385. The van der Waals surface area contributed by atoms with Crippen molar-refractivity contribution in [1.29, 1.82) is 0 Å². The fraction of sp³-hybridized carbons (Fsp3) is 0. The predicted octanol–water partition coefficient (Wildman–Crippen LogP) is 4.07. The zero-order valence-corrected chi connectivity index (χ0v) is 10.7. The van der Waals surface area contributed by atoms with Crippen molar-refractivity contribution < 1.29 is 14.1 Å². The van der Waals surface area contributed by atoms with Gasteiger partial charge < -0.3 is 4.74 Å². The first kappa shape index (κ1) is 13.0. The summed E-state index contributed by atoms with van der Waals surface area (Å²) in [6, 6.07) is 12.0. The van der Waals surface area contributed by atoms with E-state index in [0.29, 0.717) is 5.75 Å². The summed E-state index contributed by atoms with van der Waals surface area (Å²) in [5.74, 6) is -0.226. The lowest BCUT2D eigenvalue weighted by Crippen LogP contribution is -1.92. The highest BCUT2D eigenvalue weighted by Crippen LogP contribution is 2.28. The third kappa shape index (κ3) is 2.79. The molecule has 0 N–H and O–H groups in total. The van der Waals surface area contributed by atoms with Gasteiger partial charge in [-0.05, 0) is 18.2 Å². The van der Waals surface area contributed by atoms with Crippen molar-refractivity contribution in [2.45, 2.75) is 0 Å². The number of halogens is 1. The molecule has 0 unspecified atom stereocenters. The van der Waals surface area contributed by atoms with E-state index in [0.717, 1.165) is 23.0 Å². The third-order valence-corrected chi connectivity index (χ3v) is 2.88. The average Bonchev–Trinajstić information content (AvgIpc) is 2.46. The van der Waals surface area contributed by atoms with Crippen LogP contribution in [0, 0.1) is 15.9 Å². The summed E-state index contributed by atoms with van der Waals surface area (Å²) in [6.45, 7) is 0. The Balaban J connectivity index is 1.96. The van der Waals surface area contributed by atoms with Crippen LogP contribution in [0.25, 0.3) is 10.9 Å². The van der Waals surface area contributed by atoms with Crippen LogP contribution < -0.4 is 4.74 Å². The number of nitrogens with zero attached hydrogens (tertiary/aromatic N) is 2. The van der Waals surface area contributed by atoms with Crippen molar-refractivity contribution in [3.05, 3.63) is 70.7 Å². The Morgan fingerprint density at radius 2 is 1.95 bits per heavy atom. The Bertz CT molecular complexity index is 836. The monoisotopic (exact) mass is 284 g/mol. The lowest BCUT2D eigenvalue weighted by atomic mass is 10.2. The van der Waals surface area contributed by atoms with Gasteiger partial charge in [0.2, 0.25) is 0 Å². The van der Waals surface area contributed by atoms with E-state index >= 15 is 0 Å². The predicted molar refractivity (Wildman–Crippen MR) is 74.9 cm³/mol. The number of fused-ring (bicyclic) bond motifs is 1. The number of aromatic nitrogens is 1.